The fourth-order valence-electron chi connectivity index (χ4n) is 2.15. The first kappa shape index (κ1) is 11.5. The molecule has 0 aliphatic rings. The van der Waals surface area contributed by atoms with Gasteiger partial charge in [-0.3, -0.25) is 0 Å². The molecule has 0 amide bonds. The summed E-state index contributed by atoms with van der Waals surface area (Å²) in [5.41, 5.74) is 1.89. The second kappa shape index (κ2) is 4.28. The molecule has 0 radical (unpaired) electrons. The van der Waals surface area contributed by atoms with Gasteiger partial charge in [-0.15, -0.1) is 0 Å². The van der Waals surface area contributed by atoms with Crippen molar-refractivity contribution in [1.82, 2.24) is 0 Å². The summed E-state index contributed by atoms with van der Waals surface area (Å²) in [6.45, 7) is 1.55. The van der Waals surface area contributed by atoms with Crippen LogP contribution in [0, 0.1) is 6.92 Å². The van der Waals surface area contributed by atoms with Crippen LogP contribution in [-0.2, 0) is 0 Å². The Morgan fingerprint density at radius 1 is 1.00 bits per heavy atom. The summed E-state index contributed by atoms with van der Waals surface area (Å²) in [5.74, 6) is -0.0102. The van der Waals surface area contributed by atoms with Crippen LogP contribution >= 0.6 is 0 Å². The van der Waals surface area contributed by atoms with Crippen LogP contribution in [0.4, 0.5) is 0 Å². The number of fused-ring (bicyclic) bond motifs is 1. The van der Waals surface area contributed by atoms with E-state index in [0.29, 0.717) is 11.0 Å². The van der Waals surface area contributed by atoms with E-state index in [1.54, 1.807) is 13.0 Å². The standard InChI is InChI=1S/C16H12O3/c1-10-14(17)13-9-5-8-12(15(13)19-16(10)18)11-6-3-2-4-7-11/h2-9,17H,1H3. The fraction of sp³-hybridized carbons (Fsp3) is 0.0625. The van der Waals surface area contributed by atoms with Crippen LogP contribution in [0.15, 0.2) is 57.7 Å². The summed E-state index contributed by atoms with van der Waals surface area (Å²) < 4.78 is 5.34. The van der Waals surface area contributed by atoms with E-state index in [0.717, 1.165) is 11.1 Å². The Morgan fingerprint density at radius 2 is 1.74 bits per heavy atom. The lowest BCUT2D eigenvalue weighted by molar-refractivity contribution is 0.461. The lowest BCUT2D eigenvalue weighted by Crippen LogP contribution is -2.03. The van der Waals surface area contributed by atoms with E-state index in [1.807, 2.05) is 42.5 Å². The first-order chi connectivity index (χ1) is 9.18. The van der Waals surface area contributed by atoms with E-state index in [9.17, 15) is 9.90 Å². The van der Waals surface area contributed by atoms with E-state index in [2.05, 4.69) is 0 Å². The van der Waals surface area contributed by atoms with E-state index in [1.165, 1.54) is 0 Å². The molecule has 2 aromatic carbocycles. The van der Waals surface area contributed by atoms with Gasteiger partial charge in [0.05, 0.1) is 10.9 Å². The van der Waals surface area contributed by atoms with E-state index in [-0.39, 0.29) is 11.3 Å². The molecule has 1 aromatic heterocycles. The van der Waals surface area contributed by atoms with Crippen molar-refractivity contribution in [3.8, 4) is 16.9 Å². The van der Waals surface area contributed by atoms with Crippen molar-refractivity contribution in [2.24, 2.45) is 0 Å². The number of hydrogen-bond donors (Lipinski definition) is 1. The van der Waals surface area contributed by atoms with Gasteiger partial charge in [-0.05, 0) is 18.6 Å². The molecule has 1 heterocycles. The molecule has 0 fully saturated rings. The summed E-state index contributed by atoms with van der Waals surface area (Å²) >= 11 is 0. The molecule has 0 saturated carbocycles. The molecule has 0 unspecified atom stereocenters. The number of hydrogen-bond acceptors (Lipinski definition) is 3. The minimum Gasteiger partial charge on any atom is -0.507 e. The van der Waals surface area contributed by atoms with Crippen molar-refractivity contribution in [1.29, 1.82) is 0 Å². The minimum absolute atomic E-state index is 0.0102. The maximum Gasteiger partial charge on any atom is 0.342 e. The number of aromatic hydroxyl groups is 1. The molecule has 19 heavy (non-hydrogen) atoms. The monoisotopic (exact) mass is 252 g/mol. The molecule has 0 aliphatic heterocycles. The second-order valence-corrected chi connectivity index (χ2v) is 4.41. The Labute approximate surface area is 109 Å². The van der Waals surface area contributed by atoms with Crippen molar-refractivity contribution >= 4 is 11.0 Å². The van der Waals surface area contributed by atoms with Gasteiger partial charge in [-0.2, -0.15) is 0 Å². The largest absolute Gasteiger partial charge is 0.507 e. The maximum atomic E-state index is 11.7. The van der Waals surface area contributed by atoms with Crippen LogP contribution in [0.2, 0.25) is 0 Å². The van der Waals surface area contributed by atoms with Crippen molar-refractivity contribution in [3.05, 3.63) is 64.5 Å². The SMILES string of the molecule is Cc1c(O)c2cccc(-c3ccccc3)c2oc1=O. The van der Waals surface area contributed by atoms with E-state index < -0.39 is 5.63 Å². The lowest BCUT2D eigenvalue weighted by atomic mass is 10.0. The van der Waals surface area contributed by atoms with Crippen molar-refractivity contribution < 1.29 is 9.52 Å². The molecule has 3 rings (SSSR count). The molecular formula is C16H12O3. The summed E-state index contributed by atoms with van der Waals surface area (Å²) in [5, 5.41) is 10.6. The van der Waals surface area contributed by atoms with Crippen LogP contribution in [0.5, 0.6) is 5.75 Å². The van der Waals surface area contributed by atoms with E-state index >= 15 is 0 Å². The number of rotatable bonds is 1. The molecule has 3 aromatic rings. The minimum atomic E-state index is -0.506. The van der Waals surface area contributed by atoms with Crippen LogP contribution in [0.25, 0.3) is 22.1 Å². The van der Waals surface area contributed by atoms with Crippen LogP contribution in [0.1, 0.15) is 5.56 Å². The van der Waals surface area contributed by atoms with Crippen molar-refractivity contribution in [2.45, 2.75) is 6.92 Å². The van der Waals surface area contributed by atoms with Crippen molar-refractivity contribution in [2.75, 3.05) is 0 Å². The molecule has 0 aliphatic carbocycles. The van der Waals surface area contributed by atoms with Gasteiger partial charge in [-0.25, -0.2) is 4.79 Å². The Morgan fingerprint density at radius 3 is 2.47 bits per heavy atom. The zero-order valence-electron chi connectivity index (χ0n) is 10.4. The smallest absolute Gasteiger partial charge is 0.342 e. The molecule has 0 saturated heterocycles. The van der Waals surface area contributed by atoms with Gasteiger partial charge >= 0.3 is 5.63 Å². The average molecular weight is 252 g/mol. The highest BCUT2D eigenvalue weighted by molar-refractivity contribution is 5.95. The Kier molecular flexibility index (Phi) is 2.60. The van der Waals surface area contributed by atoms with Crippen LogP contribution in [-0.4, -0.2) is 5.11 Å². The summed E-state index contributed by atoms with van der Waals surface area (Å²) in [4.78, 5) is 11.7. The van der Waals surface area contributed by atoms with Crippen LogP contribution in [0.3, 0.4) is 0 Å². The van der Waals surface area contributed by atoms with Gasteiger partial charge in [-0.1, -0.05) is 42.5 Å². The average Bonchev–Trinajstić information content (AvgIpc) is 2.45. The number of para-hydroxylation sites is 1. The normalized spacial score (nSPS) is 10.8. The summed E-state index contributed by atoms with van der Waals surface area (Å²) in [7, 11) is 0. The third-order valence-electron chi connectivity index (χ3n) is 3.21. The Bertz CT molecular complexity index is 801. The van der Waals surface area contributed by atoms with Gasteiger partial charge < -0.3 is 9.52 Å². The summed E-state index contributed by atoms with van der Waals surface area (Å²) in [6.07, 6.45) is 0. The van der Waals surface area contributed by atoms with E-state index in [4.69, 9.17) is 4.42 Å². The predicted molar refractivity (Wildman–Crippen MR) is 74.3 cm³/mol. The second-order valence-electron chi connectivity index (χ2n) is 4.41. The molecule has 0 bridgehead atoms. The molecular weight excluding hydrogens is 240 g/mol. The molecule has 3 heteroatoms. The highest BCUT2D eigenvalue weighted by atomic mass is 16.4. The Hall–Kier alpha value is -2.55. The molecule has 0 spiro atoms. The predicted octanol–water partition coefficient (Wildman–Crippen LogP) is 3.47. The lowest BCUT2D eigenvalue weighted by Gasteiger charge is -2.07. The third kappa shape index (κ3) is 1.80. The summed E-state index contributed by atoms with van der Waals surface area (Å²) in [6, 6.07) is 15.1. The maximum absolute atomic E-state index is 11.7. The molecule has 1 N–H and O–H groups in total. The highest BCUT2D eigenvalue weighted by Gasteiger charge is 2.13. The molecule has 94 valence electrons. The van der Waals surface area contributed by atoms with Gasteiger partial charge in [0.25, 0.3) is 0 Å². The molecule has 0 atom stereocenters. The highest BCUT2D eigenvalue weighted by Crippen LogP contribution is 2.33. The van der Waals surface area contributed by atoms with Gasteiger partial charge in [0.15, 0.2) is 0 Å². The van der Waals surface area contributed by atoms with Gasteiger partial charge in [0, 0.05) is 5.56 Å². The van der Waals surface area contributed by atoms with Gasteiger partial charge in [0.2, 0.25) is 0 Å². The van der Waals surface area contributed by atoms with Crippen molar-refractivity contribution in [3.63, 3.8) is 0 Å². The third-order valence-corrected chi connectivity index (χ3v) is 3.21. The molecule has 3 nitrogen and oxygen atoms in total. The Balaban J connectivity index is 2.43. The zero-order chi connectivity index (χ0) is 13.4. The first-order valence-corrected chi connectivity index (χ1v) is 5.99. The van der Waals surface area contributed by atoms with Gasteiger partial charge in [0.1, 0.15) is 11.3 Å². The number of benzene rings is 2. The quantitative estimate of drug-likeness (QED) is 0.674. The zero-order valence-corrected chi connectivity index (χ0v) is 10.4. The first-order valence-electron chi connectivity index (χ1n) is 5.99. The topological polar surface area (TPSA) is 50.4 Å². The fourth-order valence-corrected chi connectivity index (χ4v) is 2.15. The van der Waals surface area contributed by atoms with Crippen LogP contribution < -0.4 is 5.63 Å².